The summed E-state index contributed by atoms with van der Waals surface area (Å²) in [7, 11) is 0. The van der Waals surface area contributed by atoms with Crippen molar-refractivity contribution in [3.63, 3.8) is 0 Å². The number of nitrogens with two attached hydrogens (primary N) is 1. The first kappa shape index (κ1) is 20.6. The molecule has 0 amide bonds. The van der Waals surface area contributed by atoms with Crippen LogP contribution < -0.4 is 11.1 Å². The molecule has 1 heterocycles. The third-order valence-electron chi connectivity index (χ3n) is 3.47. The van der Waals surface area contributed by atoms with Crippen LogP contribution in [0, 0.1) is 29.0 Å². The average molecular weight is 329 g/mol. The van der Waals surface area contributed by atoms with Gasteiger partial charge in [-0.15, -0.1) is 0 Å². The van der Waals surface area contributed by atoms with Crippen LogP contribution in [0.2, 0.25) is 5.15 Å². The van der Waals surface area contributed by atoms with E-state index in [2.05, 4.69) is 24.1 Å². The second-order valence-corrected chi connectivity index (χ2v) is 6.41. The molecule has 0 spiro atoms. The predicted molar refractivity (Wildman–Crippen MR) is 90.3 cm³/mol. The topological polar surface area (TPSA) is 74.7 Å². The standard InChI is InChI=1S/C11H13ClFN3.C5H13N/c1-6(2)7(3)15-11-9(13)4-8(5-14)10(12)16-11;1-4(2)5(3)6/h4,6-7H,1-3H3,(H,15,16);4-5H,6H2,1-3H3/t7-;5-/m11/s1. The van der Waals surface area contributed by atoms with Crippen LogP contribution in [-0.4, -0.2) is 17.1 Å². The number of hydrogen-bond donors (Lipinski definition) is 2. The molecule has 0 fully saturated rings. The summed E-state index contributed by atoms with van der Waals surface area (Å²) >= 11 is 5.72. The fourth-order valence-electron chi connectivity index (χ4n) is 1.03. The van der Waals surface area contributed by atoms with Gasteiger partial charge in [0.15, 0.2) is 11.6 Å². The number of anilines is 1. The Morgan fingerprint density at radius 3 is 2.09 bits per heavy atom. The van der Waals surface area contributed by atoms with E-state index in [1.807, 2.05) is 27.7 Å². The molecular weight excluding hydrogens is 303 g/mol. The molecule has 1 aromatic heterocycles. The highest BCUT2D eigenvalue weighted by atomic mass is 35.5. The van der Waals surface area contributed by atoms with Crippen LogP contribution in [0.5, 0.6) is 0 Å². The number of halogens is 2. The van der Waals surface area contributed by atoms with Crippen LogP contribution in [0.4, 0.5) is 10.2 Å². The lowest BCUT2D eigenvalue weighted by Gasteiger charge is -2.18. The molecule has 0 aliphatic carbocycles. The zero-order valence-electron chi connectivity index (χ0n) is 14.1. The molecule has 0 aliphatic heterocycles. The highest BCUT2D eigenvalue weighted by Crippen LogP contribution is 2.21. The van der Waals surface area contributed by atoms with Gasteiger partial charge in [0.25, 0.3) is 0 Å². The van der Waals surface area contributed by atoms with E-state index in [-0.39, 0.29) is 22.6 Å². The van der Waals surface area contributed by atoms with Crippen molar-refractivity contribution in [1.29, 1.82) is 5.26 Å². The molecule has 0 radical (unpaired) electrons. The maximum atomic E-state index is 13.5. The van der Waals surface area contributed by atoms with E-state index in [1.54, 1.807) is 6.07 Å². The number of nitrogens with zero attached hydrogens (tertiary/aromatic N) is 2. The minimum atomic E-state index is -0.562. The molecule has 2 atom stereocenters. The number of rotatable bonds is 4. The van der Waals surface area contributed by atoms with Crippen molar-refractivity contribution in [3.8, 4) is 6.07 Å². The summed E-state index contributed by atoms with van der Waals surface area (Å²) < 4.78 is 13.5. The molecule has 0 bridgehead atoms. The van der Waals surface area contributed by atoms with Crippen LogP contribution in [0.3, 0.4) is 0 Å². The summed E-state index contributed by atoms with van der Waals surface area (Å²) in [5.74, 6) is 0.499. The normalized spacial score (nSPS) is 13.2. The highest BCUT2D eigenvalue weighted by molar-refractivity contribution is 6.30. The Hall–Kier alpha value is -1.38. The van der Waals surface area contributed by atoms with E-state index in [1.165, 1.54) is 0 Å². The van der Waals surface area contributed by atoms with Gasteiger partial charge in [0.2, 0.25) is 0 Å². The van der Waals surface area contributed by atoms with Gasteiger partial charge in [0.1, 0.15) is 11.2 Å². The second-order valence-electron chi connectivity index (χ2n) is 6.05. The summed E-state index contributed by atoms with van der Waals surface area (Å²) in [5, 5.41) is 11.6. The van der Waals surface area contributed by atoms with Crippen molar-refractivity contribution in [2.45, 2.75) is 53.6 Å². The van der Waals surface area contributed by atoms with Gasteiger partial charge in [-0.3, -0.25) is 0 Å². The summed E-state index contributed by atoms with van der Waals surface area (Å²) in [6, 6.07) is 3.29. The Labute approximate surface area is 137 Å². The quantitative estimate of drug-likeness (QED) is 0.812. The van der Waals surface area contributed by atoms with Gasteiger partial charge in [-0.1, -0.05) is 39.3 Å². The Kier molecular flexibility index (Phi) is 9.00. The zero-order valence-corrected chi connectivity index (χ0v) is 14.9. The van der Waals surface area contributed by atoms with Gasteiger partial charge in [0, 0.05) is 12.1 Å². The monoisotopic (exact) mass is 328 g/mol. The predicted octanol–water partition coefficient (Wildman–Crippen LogP) is 4.19. The van der Waals surface area contributed by atoms with Crippen LogP contribution in [0.1, 0.15) is 47.1 Å². The van der Waals surface area contributed by atoms with Crippen molar-refractivity contribution in [2.75, 3.05) is 5.32 Å². The lowest BCUT2D eigenvalue weighted by atomic mass is 10.1. The van der Waals surface area contributed by atoms with Crippen LogP contribution in [0.25, 0.3) is 0 Å². The molecule has 1 rings (SSSR count). The maximum Gasteiger partial charge on any atom is 0.166 e. The van der Waals surface area contributed by atoms with E-state index in [9.17, 15) is 4.39 Å². The summed E-state index contributed by atoms with van der Waals surface area (Å²) in [6.45, 7) is 12.2. The Morgan fingerprint density at radius 1 is 1.23 bits per heavy atom. The lowest BCUT2D eigenvalue weighted by Crippen LogP contribution is -2.23. The molecule has 0 unspecified atom stereocenters. The molecule has 0 aliphatic rings. The smallest absolute Gasteiger partial charge is 0.166 e. The van der Waals surface area contributed by atoms with Gasteiger partial charge in [0.05, 0.1) is 5.56 Å². The van der Waals surface area contributed by atoms with Gasteiger partial charge in [-0.25, -0.2) is 9.37 Å². The van der Waals surface area contributed by atoms with Crippen LogP contribution >= 0.6 is 11.6 Å². The fraction of sp³-hybridized carbons (Fsp3) is 0.625. The number of nitrogens with one attached hydrogen (secondary N) is 1. The van der Waals surface area contributed by atoms with Gasteiger partial charge in [-0.2, -0.15) is 5.26 Å². The largest absolute Gasteiger partial charge is 0.365 e. The summed E-state index contributed by atoms with van der Waals surface area (Å²) in [6.07, 6.45) is 0. The van der Waals surface area contributed by atoms with Gasteiger partial charge < -0.3 is 11.1 Å². The van der Waals surface area contributed by atoms with Crippen LogP contribution in [0.15, 0.2) is 6.07 Å². The molecule has 124 valence electrons. The minimum absolute atomic E-state index is 0.0161. The number of hydrogen-bond acceptors (Lipinski definition) is 4. The molecule has 22 heavy (non-hydrogen) atoms. The number of nitriles is 1. The van der Waals surface area contributed by atoms with E-state index in [0.29, 0.717) is 17.9 Å². The van der Waals surface area contributed by atoms with Crippen molar-refractivity contribution >= 4 is 17.4 Å². The van der Waals surface area contributed by atoms with Gasteiger partial charge >= 0.3 is 0 Å². The second kappa shape index (κ2) is 9.60. The molecule has 0 saturated heterocycles. The van der Waals surface area contributed by atoms with Crippen molar-refractivity contribution in [3.05, 3.63) is 22.6 Å². The molecule has 0 saturated carbocycles. The van der Waals surface area contributed by atoms with Crippen LogP contribution in [-0.2, 0) is 0 Å². The first-order chi connectivity index (χ1) is 10.1. The Bertz CT molecular complexity index is 504. The number of pyridine rings is 1. The van der Waals surface area contributed by atoms with E-state index >= 15 is 0 Å². The molecule has 1 aromatic rings. The minimum Gasteiger partial charge on any atom is -0.365 e. The molecule has 0 aromatic carbocycles. The molecule has 4 nitrogen and oxygen atoms in total. The maximum absolute atomic E-state index is 13.5. The van der Waals surface area contributed by atoms with E-state index in [0.717, 1.165) is 6.07 Å². The zero-order chi connectivity index (χ0) is 17.4. The highest BCUT2D eigenvalue weighted by Gasteiger charge is 2.14. The summed E-state index contributed by atoms with van der Waals surface area (Å²) in [5.41, 5.74) is 5.48. The summed E-state index contributed by atoms with van der Waals surface area (Å²) in [4.78, 5) is 3.82. The molecule has 3 N–H and O–H groups in total. The first-order valence-electron chi connectivity index (χ1n) is 7.38. The van der Waals surface area contributed by atoms with E-state index in [4.69, 9.17) is 22.6 Å². The van der Waals surface area contributed by atoms with Crippen molar-refractivity contribution in [2.24, 2.45) is 17.6 Å². The first-order valence-corrected chi connectivity index (χ1v) is 7.76. The SMILES string of the molecule is CC(C)[C@@H](C)N.CC(C)[C@@H](C)Nc1nc(Cl)c(C#N)cc1F. The van der Waals surface area contributed by atoms with E-state index < -0.39 is 5.82 Å². The average Bonchev–Trinajstić information content (AvgIpc) is 2.42. The van der Waals surface area contributed by atoms with Crippen molar-refractivity contribution in [1.82, 2.24) is 4.98 Å². The van der Waals surface area contributed by atoms with Gasteiger partial charge in [-0.05, 0) is 31.7 Å². The Balaban J connectivity index is 0.000000626. The third kappa shape index (κ3) is 7.06. The fourth-order valence-corrected chi connectivity index (χ4v) is 1.21. The molecular formula is C16H26ClFN4. The molecule has 6 heteroatoms. The van der Waals surface area contributed by atoms with Crippen molar-refractivity contribution < 1.29 is 4.39 Å². The third-order valence-corrected chi connectivity index (χ3v) is 3.75. The number of aromatic nitrogens is 1. The lowest BCUT2D eigenvalue weighted by molar-refractivity contribution is 0.529. The Morgan fingerprint density at radius 2 is 1.73 bits per heavy atom.